The number of thiazole rings is 1. The van der Waals surface area contributed by atoms with E-state index >= 15 is 0 Å². The summed E-state index contributed by atoms with van der Waals surface area (Å²) in [6.07, 6.45) is -0.635. The van der Waals surface area contributed by atoms with E-state index in [9.17, 15) is 5.11 Å². The zero-order valence-corrected chi connectivity index (χ0v) is 16.7. The minimum Gasteiger partial charge on any atom is -0.491 e. The van der Waals surface area contributed by atoms with Crippen LogP contribution in [0.2, 0.25) is 0 Å². The van der Waals surface area contributed by atoms with Crippen molar-refractivity contribution >= 4 is 17.3 Å². The third-order valence-electron chi connectivity index (χ3n) is 3.73. The van der Waals surface area contributed by atoms with Crippen molar-refractivity contribution in [2.45, 2.75) is 40.3 Å². The highest BCUT2D eigenvalue weighted by Gasteiger charge is 2.08. The van der Waals surface area contributed by atoms with E-state index in [4.69, 9.17) is 4.74 Å². The first kappa shape index (κ1) is 20.2. The van der Waals surface area contributed by atoms with Crippen molar-refractivity contribution in [1.82, 2.24) is 15.6 Å². The van der Waals surface area contributed by atoms with Gasteiger partial charge >= 0.3 is 0 Å². The lowest BCUT2D eigenvalue weighted by atomic mass is 10.2. The number of benzene rings is 1. The van der Waals surface area contributed by atoms with Crippen molar-refractivity contribution in [3.63, 3.8) is 0 Å². The quantitative estimate of drug-likeness (QED) is 0.487. The number of nitrogens with one attached hydrogen (secondary N) is 2. The molecular weight excluding hydrogens is 348 g/mol. The summed E-state index contributed by atoms with van der Waals surface area (Å²) in [5.41, 5.74) is 2.19. The molecule has 1 heterocycles. The summed E-state index contributed by atoms with van der Waals surface area (Å²) < 4.78 is 5.63. The molecule has 0 aliphatic heterocycles. The molecule has 26 heavy (non-hydrogen) atoms. The van der Waals surface area contributed by atoms with E-state index in [1.807, 2.05) is 45.0 Å². The van der Waals surface area contributed by atoms with E-state index in [0.29, 0.717) is 19.0 Å². The van der Waals surface area contributed by atoms with Crippen molar-refractivity contribution in [2.75, 3.05) is 19.7 Å². The topological polar surface area (TPSA) is 78.8 Å². The normalized spacial score (nSPS) is 12.7. The molecule has 1 aromatic heterocycles. The Labute approximate surface area is 159 Å². The van der Waals surface area contributed by atoms with Gasteiger partial charge in [0.05, 0.1) is 12.2 Å². The lowest BCUT2D eigenvalue weighted by Crippen LogP contribution is -2.42. The van der Waals surface area contributed by atoms with Crippen LogP contribution in [0.15, 0.2) is 29.3 Å². The molecule has 2 aromatic rings. The van der Waals surface area contributed by atoms with E-state index in [2.05, 4.69) is 27.5 Å². The molecule has 0 radical (unpaired) electrons. The molecule has 0 aliphatic rings. The van der Waals surface area contributed by atoms with Gasteiger partial charge in [-0.2, -0.15) is 0 Å². The van der Waals surface area contributed by atoms with E-state index < -0.39 is 6.10 Å². The predicted molar refractivity (Wildman–Crippen MR) is 107 cm³/mol. The number of nitrogens with zero attached hydrogens (tertiary/aromatic N) is 2. The number of rotatable bonds is 8. The summed E-state index contributed by atoms with van der Waals surface area (Å²) in [4.78, 5) is 10.2. The van der Waals surface area contributed by atoms with Gasteiger partial charge in [-0.05, 0) is 45.4 Å². The number of ether oxygens (including phenoxy) is 1. The average molecular weight is 377 g/mol. The fraction of sp³-hybridized carbons (Fsp3) is 0.474. The smallest absolute Gasteiger partial charge is 0.191 e. The van der Waals surface area contributed by atoms with Gasteiger partial charge in [-0.1, -0.05) is 12.1 Å². The molecule has 0 fully saturated rings. The maximum absolute atomic E-state index is 10.1. The number of aryl methyl sites for hydroxylation is 3. The van der Waals surface area contributed by atoms with Crippen molar-refractivity contribution in [3.05, 3.63) is 45.4 Å². The van der Waals surface area contributed by atoms with Crippen LogP contribution in [-0.2, 0) is 6.54 Å². The predicted octanol–water partition coefficient (Wildman–Crippen LogP) is 2.56. The molecule has 1 aromatic carbocycles. The largest absolute Gasteiger partial charge is 0.491 e. The lowest BCUT2D eigenvalue weighted by molar-refractivity contribution is 0.110. The Kier molecular flexibility index (Phi) is 7.87. The van der Waals surface area contributed by atoms with Gasteiger partial charge in [-0.25, -0.2) is 9.98 Å². The Morgan fingerprint density at radius 1 is 1.31 bits per heavy atom. The molecular formula is C19H28N4O2S. The minimum atomic E-state index is -0.635. The maximum Gasteiger partial charge on any atom is 0.191 e. The number of aliphatic hydroxyl groups excluding tert-OH is 1. The molecule has 0 aliphatic carbocycles. The highest BCUT2D eigenvalue weighted by atomic mass is 32.1. The summed E-state index contributed by atoms with van der Waals surface area (Å²) in [5.74, 6) is 1.42. The van der Waals surface area contributed by atoms with Gasteiger partial charge in [0.15, 0.2) is 5.96 Å². The summed E-state index contributed by atoms with van der Waals surface area (Å²) in [6, 6.07) is 7.78. The van der Waals surface area contributed by atoms with E-state index in [-0.39, 0.29) is 6.61 Å². The van der Waals surface area contributed by atoms with Gasteiger partial charge in [0.2, 0.25) is 0 Å². The third-order valence-corrected chi connectivity index (χ3v) is 4.78. The standard InChI is InChI=1S/C19H28N4O2S/c1-5-20-19(22-11-18-23-14(3)15(4)26-18)21-10-16(24)12-25-17-8-6-7-13(2)9-17/h6-9,16,24H,5,10-12H2,1-4H3,(H2,20,21,22). The van der Waals surface area contributed by atoms with Crippen molar-refractivity contribution < 1.29 is 9.84 Å². The summed E-state index contributed by atoms with van der Waals surface area (Å²) >= 11 is 1.66. The highest BCUT2D eigenvalue weighted by Crippen LogP contribution is 2.17. The molecule has 1 atom stereocenters. The van der Waals surface area contributed by atoms with Gasteiger partial charge in [0.1, 0.15) is 23.5 Å². The van der Waals surface area contributed by atoms with Gasteiger partial charge in [-0.15, -0.1) is 11.3 Å². The Morgan fingerprint density at radius 2 is 2.12 bits per heavy atom. The second-order valence-corrected chi connectivity index (χ2v) is 7.39. The van der Waals surface area contributed by atoms with Gasteiger partial charge in [0.25, 0.3) is 0 Å². The van der Waals surface area contributed by atoms with Gasteiger partial charge < -0.3 is 20.5 Å². The second kappa shape index (κ2) is 10.1. The van der Waals surface area contributed by atoms with E-state index in [1.54, 1.807) is 11.3 Å². The fourth-order valence-electron chi connectivity index (χ4n) is 2.27. The van der Waals surface area contributed by atoms with Crippen molar-refractivity contribution in [2.24, 2.45) is 4.99 Å². The van der Waals surface area contributed by atoms with Gasteiger partial charge in [-0.3, -0.25) is 0 Å². The number of guanidine groups is 1. The van der Waals surface area contributed by atoms with Crippen LogP contribution >= 0.6 is 11.3 Å². The van der Waals surface area contributed by atoms with Crippen LogP contribution in [0.5, 0.6) is 5.75 Å². The average Bonchev–Trinajstić information content (AvgIpc) is 2.93. The summed E-state index contributed by atoms with van der Waals surface area (Å²) in [6.45, 7) is 9.93. The van der Waals surface area contributed by atoms with Crippen LogP contribution < -0.4 is 15.4 Å². The number of aromatic nitrogens is 1. The van der Waals surface area contributed by atoms with Crippen LogP contribution in [0.4, 0.5) is 0 Å². The number of hydrogen-bond donors (Lipinski definition) is 3. The fourth-order valence-corrected chi connectivity index (χ4v) is 3.12. The van der Waals surface area contributed by atoms with Crippen LogP contribution in [0.1, 0.15) is 28.1 Å². The van der Waals surface area contributed by atoms with Crippen LogP contribution in [-0.4, -0.2) is 41.9 Å². The first-order valence-electron chi connectivity index (χ1n) is 8.80. The monoisotopic (exact) mass is 376 g/mol. The molecule has 2 rings (SSSR count). The number of hydrogen-bond acceptors (Lipinski definition) is 5. The number of aliphatic hydroxyl groups is 1. The Balaban J connectivity index is 1.81. The van der Waals surface area contributed by atoms with Crippen molar-refractivity contribution in [3.8, 4) is 5.75 Å². The maximum atomic E-state index is 10.1. The molecule has 6 nitrogen and oxygen atoms in total. The molecule has 0 amide bonds. The van der Waals surface area contributed by atoms with Crippen LogP contribution in [0, 0.1) is 20.8 Å². The minimum absolute atomic E-state index is 0.223. The molecule has 142 valence electrons. The first-order chi connectivity index (χ1) is 12.5. The Bertz CT molecular complexity index is 711. The first-order valence-corrected chi connectivity index (χ1v) is 9.62. The highest BCUT2D eigenvalue weighted by molar-refractivity contribution is 7.11. The van der Waals surface area contributed by atoms with Crippen LogP contribution in [0.25, 0.3) is 0 Å². The Hall–Kier alpha value is -2.12. The Morgan fingerprint density at radius 3 is 2.77 bits per heavy atom. The molecule has 0 saturated carbocycles. The zero-order valence-electron chi connectivity index (χ0n) is 15.9. The third kappa shape index (κ3) is 6.65. The number of aliphatic imine (C=N–C) groups is 1. The van der Waals surface area contributed by atoms with E-state index in [1.165, 1.54) is 4.88 Å². The SMILES string of the molecule is CCNC(=NCc1nc(C)c(C)s1)NCC(O)COc1cccc(C)c1. The van der Waals surface area contributed by atoms with Crippen LogP contribution in [0.3, 0.4) is 0 Å². The second-order valence-electron chi connectivity index (χ2n) is 6.11. The molecule has 3 N–H and O–H groups in total. The summed E-state index contributed by atoms with van der Waals surface area (Å²) in [7, 11) is 0. The molecule has 7 heteroatoms. The summed E-state index contributed by atoms with van der Waals surface area (Å²) in [5, 5.41) is 17.4. The molecule has 1 unspecified atom stereocenters. The molecule has 0 bridgehead atoms. The lowest BCUT2D eigenvalue weighted by Gasteiger charge is -2.16. The van der Waals surface area contributed by atoms with Crippen molar-refractivity contribution in [1.29, 1.82) is 0 Å². The molecule has 0 spiro atoms. The zero-order chi connectivity index (χ0) is 18.9. The molecule has 0 saturated heterocycles. The van der Waals surface area contributed by atoms with Gasteiger partial charge in [0, 0.05) is 18.0 Å². The van der Waals surface area contributed by atoms with E-state index in [0.717, 1.165) is 28.6 Å².